The lowest BCUT2D eigenvalue weighted by molar-refractivity contribution is -0.142. The van der Waals surface area contributed by atoms with Crippen molar-refractivity contribution < 1.29 is 9.90 Å². The van der Waals surface area contributed by atoms with E-state index in [1.54, 1.807) is 0 Å². The number of carboxylic acid groups (broad SMARTS) is 1. The first-order chi connectivity index (χ1) is 7.27. The molecule has 2 atom stereocenters. The van der Waals surface area contributed by atoms with Crippen LogP contribution in [-0.2, 0) is 4.79 Å². The maximum Gasteiger partial charge on any atom is 0.320 e. The maximum atomic E-state index is 11.0. The molecule has 1 aliphatic heterocycles. The van der Waals surface area contributed by atoms with Crippen molar-refractivity contribution in [1.29, 1.82) is 0 Å². The average Bonchev–Trinajstić information content (AvgIpc) is 2.67. The Bertz CT molecular complexity index is 262. The van der Waals surface area contributed by atoms with E-state index in [1.807, 2.05) is 0 Å². The van der Waals surface area contributed by atoms with Gasteiger partial charge < -0.3 is 5.11 Å². The highest BCUT2D eigenvalue weighted by Crippen LogP contribution is 2.23. The molecule has 0 saturated carbocycles. The smallest absolute Gasteiger partial charge is 0.320 e. The van der Waals surface area contributed by atoms with Crippen LogP contribution in [0.1, 0.15) is 32.1 Å². The summed E-state index contributed by atoms with van der Waals surface area (Å²) in [4.78, 5) is 13.1. The zero-order valence-corrected chi connectivity index (χ0v) is 9.06. The van der Waals surface area contributed by atoms with Crippen LogP contribution in [0.15, 0.2) is 12.2 Å². The molecule has 0 amide bonds. The Labute approximate surface area is 90.8 Å². The van der Waals surface area contributed by atoms with Gasteiger partial charge in [0.05, 0.1) is 0 Å². The van der Waals surface area contributed by atoms with Gasteiger partial charge in [-0.25, -0.2) is 0 Å². The van der Waals surface area contributed by atoms with Crippen molar-refractivity contribution in [3.8, 4) is 0 Å². The van der Waals surface area contributed by atoms with Crippen LogP contribution in [0, 0.1) is 5.92 Å². The molecule has 0 radical (unpaired) electrons. The van der Waals surface area contributed by atoms with Crippen LogP contribution in [0.3, 0.4) is 0 Å². The molecule has 1 saturated heterocycles. The van der Waals surface area contributed by atoms with Gasteiger partial charge in [-0.05, 0) is 44.6 Å². The molecule has 3 nitrogen and oxygen atoms in total. The number of nitrogens with zero attached hydrogens (tertiary/aromatic N) is 1. The molecule has 1 aliphatic carbocycles. The minimum absolute atomic E-state index is 0.222. The normalized spacial score (nSPS) is 32.0. The first-order valence-electron chi connectivity index (χ1n) is 5.91. The van der Waals surface area contributed by atoms with Gasteiger partial charge in [-0.1, -0.05) is 12.2 Å². The Balaban J connectivity index is 1.90. The molecular weight excluding hydrogens is 190 g/mol. The fourth-order valence-electron chi connectivity index (χ4n) is 2.66. The topological polar surface area (TPSA) is 40.5 Å². The van der Waals surface area contributed by atoms with Gasteiger partial charge in [-0.2, -0.15) is 0 Å². The first-order valence-corrected chi connectivity index (χ1v) is 5.91. The molecule has 0 aromatic carbocycles. The van der Waals surface area contributed by atoms with Crippen LogP contribution in [0.4, 0.5) is 0 Å². The first kappa shape index (κ1) is 10.7. The van der Waals surface area contributed by atoms with E-state index in [0.717, 1.165) is 25.9 Å². The van der Waals surface area contributed by atoms with Crippen LogP contribution in [0.5, 0.6) is 0 Å². The van der Waals surface area contributed by atoms with Gasteiger partial charge in [-0.3, -0.25) is 9.69 Å². The van der Waals surface area contributed by atoms with Gasteiger partial charge in [0.25, 0.3) is 0 Å². The fourth-order valence-corrected chi connectivity index (χ4v) is 2.66. The molecule has 1 fully saturated rings. The molecule has 84 valence electrons. The maximum absolute atomic E-state index is 11.0. The second-order valence-corrected chi connectivity index (χ2v) is 4.61. The molecule has 1 heterocycles. The van der Waals surface area contributed by atoms with Crippen molar-refractivity contribution in [2.45, 2.75) is 38.1 Å². The Hall–Kier alpha value is -0.830. The van der Waals surface area contributed by atoms with Gasteiger partial charge in [0.2, 0.25) is 0 Å². The molecule has 2 rings (SSSR count). The number of carbonyl (C=O) groups is 1. The number of aliphatic carboxylic acids is 1. The summed E-state index contributed by atoms with van der Waals surface area (Å²) in [6.07, 6.45) is 10.0. The van der Waals surface area contributed by atoms with Crippen molar-refractivity contribution in [2.24, 2.45) is 5.92 Å². The molecule has 15 heavy (non-hydrogen) atoms. The summed E-state index contributed by atoms with van der Waals surface area (Å²) in [7, 11) is 0. The third-order valence-electron chi connectivity index (χ3n) is 3.47. The molecule has 0 aromatic rings. The van der Waals surface area contributed by atoms with E-state index >= 15 is 0 Å². The van der Waals surface area contributed by atoms with E-state index in [1.165, 1.54) is 19.3 Å². The lowest BCUT2D eigenvalue weighted by Gasteiger charge is -2.26. The van der Waals surface area contributed by atoms with Crippen molar-refractivity contribution in [3.63, 3.8) is 0 Å². The van der Waals surface area contributed by atoms with Gasteiger partial charge in [0.15, 0.2) is 0 Å². The van der Waals surface area contributed by atoms with Crippen LogP contribution in [0.25, 0.3) is 0 Å². The van der Waals surface area contributed by atoms with Crippen molar-refractivity contribution >= 4 is 5.97 Å². The molecule has 0 bridgehead atoms. The van der Waals surface area contributed by atoms with E-state index in [2.05, 4.69) is 17.1 Å². The highest BCUT2D eigenvalue weighted by Gasteiger charge is 2.31. The number of likely N-dealkylation sites (tertiary alicyclic amines) is 1. The third kappa shape index (κ3) is 2.59. The molecule has 3 heteroatoms. The van der Waals surface area contributed by atoms with E-state index in [4.69, 9.17) is 5.11 Å². The molecule has 1 unspecified atom stereocenters. The monoisotopic (exact) mass is 209 g/mol. The summed E-state index contributed by atoms with van der Waals surface area (Å²) in [5.74, 6) is -0.0639. The number of hydrogen-bond acceptors (Lipinski definition) is 2. The van der Waals surface area contributed by atoms with Crippen LogP contribution < -0.4 is 0 Å². The lowest BCUT2D eigenvalue weighted by atomic mass is 9.95. The van der Waals surface area contributed by atoms with Crippen molar-refractivity contribution in [1.82, 2.24) is 4.90 Å². The second kappa shape index (κ2) is 4.79. The zero-order valence-electron chi connectivity index (χ0n) is 9.06. The van der Waals surface area contributed by atoms with E-state index in [0.29, 0.717) is 5.92 Å². The van der Waals surface area contributed by atoms with Crippen molar-refractivity contribution in [3.05, 3.63) is 12.2 Å². The number of hydrogen-bond donors (Lipinski definition) is 1. The summed E-state index contributed by atoms with van der Waals surface area (Å²) in [5.41, 5.74) is 0. The summed E-state index contributed by atoms with van der Waals surface area (Å²) >= 11 is 0. The third-order valence-corrected chi connectivity index (χ3v) is 3.47. The van der Waals surface area contributed by atoms with Crippen molar-refractivity contribution in [2.75, 3.05) is 13.1 Å². The predicted molar refractivity (Wildman–Crippen MR) is 58.7 cm³/mol. The quantitative estimate of drug-likeness (QED) is 0.722. The standard InChI is InChI=1S/C12H19NO2/c14-12(15)11-7-4-8-13(11)9-10-5-2-1-3-6-10/h2,5,10-11H,1,3-4,6-9H2,(H,14,15)/t10-,11?/m1/s1. The highest BCUT2D eigenvalue weighted by molar-refractivity contribution is 5.73. The summed E-state index contributed by atoms with van der Waals surface area (Å²) < 4.78 is 0. The highest BCUT2D eigenvalue weighted by atomic mass is 16.4. The number of rotatable bonds is 3. The van der Waals surface area contributed by atoms with Crippen LogP contribution in [0.2, 0.25) is 0 Å². The lowest BCUT2D eigenvalue weighted by Crippen LogP contribution is -2.38. The molecule has 0 spiro atoms. The van der Waals surface area contributed by atoms with E-state index in [9.17, 15) is 4.79 Å². The Morgan fingerprint density at radius 1 is 1.40 bits per heavy atom. The van der Waals surface area contributed by atoms with Gasteiger partial charge in [0.1, 0.15) is 6.04 Å². The molecular formula is C12H19NO2. The summed E-state index contributed by atoms with van der Waals surface area (Å²) in [6.45, 7) is 1.90. The molecule has 1 N–H and O–H groups in total. The largest absolute Gasteiger partial charge is 0.480 e. The van der Waals surface area contributed by atoms with E-state index < -0.39 is 5.97 Å². The average molecular weight is 209 g/mol. The summed E-state index contributed by atoms with van der Waals surface area (Å²) in [6, 6.07) is -0.222. The number of carboxylic acids is 1. The minimum Gasteiger partial charge on any atom is -0.480 e. The second-order valence-electron chi connectivity index (χ2n) is 4.61. The SMILES string of the molecule is O=C(O)C1CCCN1C[C@@H]1C=CCCC1. The van der Waals surface area contributed by atoms with E-state index in [-0.39, 0.29) is 6.04 Å². The Morgan fingerprint density at radius 2 is 2.27 bits per heavy atom. The van der Waals surface area contributed by atoms with Crippen LogP contribution >= 0.6 is 0 Å². The van der Waals surface area contributed by atoms with Gasteiger partial charge in [-0.15, -0.1) is 0 Å². The van der Waals surface area contributed by atoms with Crippen LogP contribution in [-0.4, -0.2) is 35.1 Å². The zero-order chi connectivity index (χ0) is 10.7. The Morgan fingerprint density at radius 3 is 2.93 bits per heavy atom. The predicted octanol–water partition coefficient (Wildman–Crippen LogP) is 1.89. The number of allylic oxidation sites excluding steroid dienone is 1. The Kier molecular flexibility index (Phi) is 3.41. The summed E-state index contributed by atoms with van der Waals surface area (Å²) in [5, 5.41) is 9.05. The minimum atomic E-state index is -0.646. The molecule has 2 aliphatic rings. The molecule has 0 aromatic heterocycles. The van der Waals surface area contributed by atoms with Gasteiger partial charge >= 0.3 is 5.97 Å². The fraction of sp³-hybridized carbons (Fsp3) is 0.750. The van der Waals surface area contributed by atoms with Gasteiger partial charge in [0, 0.05) is 6.54 Å².